The van der Waals surface area contributed by atoms with Gasteiger partial charge in [0.2, 0.25) is 0 Å². The molecule has 1 saturated heterocycles. The van der Waals surface area contributed by atoms with E-state index >= 15 is 0 Å². The number of hydrogen-bond acceptors (Lipinski definition) is 6. The van der Waals surface area contributed by atoms with E-state index in [1.54, 1.807) is 30.9 Å². The highest BCUT2D eigenvalue weighted by Crippen LogP contribution is 2.33. The molecule has 1 amide bonds. The van der Waals surface area contributed by atoms with Crippen molar-refractivity contribution in [2.45, 2.75) is 44.4 Å². The molecule has 2 heterocycles. The standard InChI is InChI=1S/C26H32N2O6S/c1-3-33-26(30)21-12-15-27(16-13-21)25(29)18-34-24-11-10-22(17-19(24)2)35(31,32)28-14-6-8-20-7-4-5-9-23(20)28/h4-5,7,9-11,17,21H,3,6,8,12-16,18H2,1-2H3. The first kappa shape index (κ1) is 25.0. The molecule has 2 aliphatic rings. The van der Waals surface area contributed by atoms with E-state index in [9.17, 15) is 18.0 Å². The van der Waals surface area contributed by atoms with E-state index < -0.39 is 10.0 Å². The molecular weight excluding hydrogens is 468 g/mol. The molecule has 0 bridgehead atoms. The van der Waals surface area contributed by atoms with Gasteiger partial charge in [0.05, 0.1) is 23.1 Å². The summed E-state index contributed by atoms with van der Waals surface area (Å²) in [5, 5.41) is 0. The number of anilines is 1. The minimum atomic E-state index is -3.71. The number of piperidine rings is 1. The number of amides is 1. The quantitative estimate of drug-likeness (QED) is 0.542. The summed E-state index contributed by atoms with van der Waals surface area (Å²) in [6, 6.07) is 12.3. The molecule has 8 nitrogen and oxygen atoms in total. The maximum atomic E-state index is 13.4. The normalized spacial score (nSPS) is 16.5. The maximum Gasteiger partial charge on any atom is 0.309 e. The number of fused-ring (bicyclic) bond motifs is 1. The van der Waals surface area contributed by atoms with Crippen LogP contribution in [0.1, 0.15) is 37.3 Å². The van der Waals surface area contributed by atoms with Gasteiger partial charge >= 0.3 is 5.97 Å². The maximum absolute atomic E-state index is 13.4. The SMILES string of the molecule is CCOC(=O)C1CCN(C(=O)COc2ccc(S(=O)(=O)N3CCCc4ccccc43)cc2C)CC1. The third-order valence-corrected chi connectivity index (χ3v) is 8.43. The topological polar surface area (TPSA) is 93.2 Å². The summed E-state index contributed by atoms with van der Waals surface area (Å²) in [6.07, 6.45) is 2.80. The summed E-state index contributed by atoms with van der Waals surface area (Å²) < 4.78 is 39.1. The summed E-state index contributed by atoms with van der Waals surface area (Å²) in [5.41, 5.74) is 2.41. The van der Waals surface area contributed by atoms with Gasteiger partial charge in [-0.15, -0.1) is 0 Å². The van der Waals surface area contributed by atoms with Crippen LogP contribution in [0, 0.1) is 12.8 Å². The Morgan fingerprint density at radius 1 is 1.06 bits per heavy atom. The number of hydrogen-bond donors (Lipinski definition) is 0. The van der Waals surface area contributed by atoms with Crippen molar-refractivity contribution >= 4 is 27.6 Å². The lowest BCUT2D eigenvalue weighted by Crippen LogP contribution is -2.42. The fourth-order valence-corrected chi connectivity index (χ4v) is 6.30. The first-order valence-electron chi connectivity index (χ1n) is 12.1. The summed E-state index contributed by atoms with van der Waals surface area (Å²) in [7, 11) is -3.71. The zero-order valence-corrected chi connectivity index (χ0v) is 21.1. The van der Waals surface area contributed by atoms with Gasteiger partial charge < -0.3 is 14.4 Å². The van der Waals surface area contributed by atoms with E-state index in [0.29, 0.717) is 50.4 Å². The number of ether oxygens (including phenoxy) is 2. The Morgan fingerprint density at radius 2 is 1.80 bits per heavy atom. The van der Waals surface area contributed by atoms with Gasteiger partial charge in [-0.3, -0.25) is 13.9 Å². The Labute approximate surface area is 206 Å². The van der Waals surface area contributed by atoms with Gasteiger partial charge in [0, 0.05) is 19.6 Å². The minimum absolute atomic E-state index is 0.142. The molecule has 4 rings (SSSR count). The fraction of sp³-hybridized carbons (Fsp3) is 0.462. The van der Waals surface area contributed by atoms with E-state index in [0.717, 1.165) is 24.1 Å². The third kappa shape index (κ3) is 5.45. The lowest BCUT2D eigenvalue weighted by molar-refractivity contribution is -0.151. The van der Waals surface area contributed by atoms with Crippen molar-refractivity contribution in [3.63, 3.8) is 0 Å². The van der Waals surface area contributed by atoms with Gasteiger partial charge in [-0.25, -0.2) is 8.42 Å². The molecular formula is C26H32N2O6S. The molecule has 2 aromatic carbocycles. The number of nitrogens with zero attached hydrogens (tertiary/aromatic N) is 2. The number of esters is 1. The van der Waals surface area contributed by atoms with Gasteiger partial charge in [0.1, 0.15) is 5.75 Å². The second-order valence-corrected chi connectivity index (χ2v) is 10.8. The van der Waals surface area contributed by atoms with E-state index in [1.807, 2.05) is 24.3 Å². The van der Waals surface area contributed by atoms with Crippen LogP contribution in [0.5, 0.6) is 5.75 Å². The minimum Gasteiger partial charge on any atom is -0.483 e. The number of carbonyl (C=O) groups is 2. The average Bonchev–Trinajstić information content (AvgIpc) is 2.87. The first-order valence-corrected chi connectivity index (χ1v) is 13.5. The number of benzene rings is 2. The van der Waals surface area contributed by atoms with E-state index in [-0.39, 0.29) is 29.3 Å². The molecule has 0 atom stereocenters. The number of carbonyl (C=O) groups excluding carboxylic acids is 2. The predicted octanol–water partition coefficient (Wildman–Crippen LogP) is 3.32. The van der Waals surface area contributed by atoms with Crippen LogP contribution in [-0.4, -0.2) is 58.0 Å². The fourth-order valence-electron chi connectivity index (χ4n) is 4.68. The number of aryl methyl sites for hydroxylation is 2. The second-order valence-electron chi connectivity index (χ2n) is 8.93. The van der Waals surface area contributed by atoms with Gasteiger partial charge in [-0.1, -0.05) is 18.2 Å². The molecule has 188 valence electrons. The summed E-state index contributed by atoms with van der Waals surface area (Å²) in [5.74, 6) is -0.0517. The summed E-state index contributed by atoms with van der Waals surface area (Å²) >= 11 is 0. The molecule has 2 aliphatic heterocycles. The van der Waals surface area contributed by atoms with Crippen LogP contribution in [0.25, 0.3) is 0 Å². The highest BCUT2D eigenvalue weighted by atomic mass is 32.2. The highest BCUT2D eigenvalue weighted by Gasteiger charge is 2.30. The molecule has 1 fully saturated rings. The van der Waals surface area contributed by atoms with E-state index in [4.69, 9.17) is 9.47 Å². The Kier molecular flexibility index (Phi) is 7.64. The number of likely N-dealkylation sites (tertiary alicyclic amines) is 1. The molecule has 0 aromatic heterocycles. The van der Waals surface area contributed by atoms with Crippen LogP contribution in [0.2, 0.25) is 0 Å². The van der Waals surface area contributed by atoms with Crippen LogP contribution >= 0.6 is 0 Å². The Bertz CT molecular complexity index is 1190. The molecule has 2 aromatic rings. The van der Waals surface area contributed by atoms with Crippen molar-refractivity contribution in [1.82, 2.24) is 4.90 Å². The molecule has 0 unspecified atom stereocenters. The zero-order valence-electron chi connectivity index (χ0n) is 20.2. The lowest BCUT2D eigenvalue weighted by atomic mass is 9.97. The lowest BCUT2D eigenvalue weighted by Gasteiger charge is -2.31. The molecule has 0 radical (unpaired) electrons. The van der Waals surface area contributed by atoms with Crippen molar-refractivity contribution in [3.05, 3.63) is 53.6 Å². The molecule has 0 saturated carbocycles. The van der Waals surface area contributed by atoms with Gasteiger partial charge in [0.15, 0.2) is 6.61 Å². The van der Waals surface area contributed by atoms with Crippen molar-refractivity contribution in [2.75, 3.05) is 37.2 Å². The van der Waals surface area contributed by atoms with Crippen LogP contribution in [-0.2, 0) is 30.8 Å². The number of sulfonamides is 1. The van der Waals surface area contributed by atoms with Crippen molar-refractivity contribution in [1.29, 1.82) is 0 Å². The second kappa shape index (κ2) is 10.7. The number of rotatable bonds is 7. The number of para-hydroxylation sites is 1. The van der Waals surface area contributed by atoms with Gasteiger partial charge in [-0.2, -0.15) is 0 Å². The van der Waals surface area contributed by atoms with Crippen LogP contribution < -0.4 is 9.04 Å². The van der Waals surface area contributed by atoms with Gasteiger partial charge in [-0.05, 0) is 74.9 Å². The van der Waals surface area contributed by atoms with Crippen molar-refractivity contribution in [3.8, 4) is 5.75 Å². The highest BCUT2D eigenvalue weighted by molar-refractivity contribution is 7.92. The molecule has 0 aliphatic carbocycles. The van der Waals surface area contributed by atoms with Gasteiger partial charge in [0.25, 0.3) is 15.9 Å². The predicted molar refractivity (Wildman–Crippen MR) is 132 cm³/mol. The van der Waals surface area contributed by atoms with E-state index in [2.05, 4.69) is 0 Å². The third-order valence-electron chi connectivity index (χ3n) is 6.62. The zero-order chi connectivity index (χ0) is 25.0. The van der Waals surface area contributed by atoms with Crippen LogP contribution in [0.3, 0.4) is 0 Å². The largest absolute Gasteiger partial charge is 0.483 e. The Morgan fingerprint density at radius 3 is 2.51 bits per heavy atom. The first-order chi connectivity index (χ1) is 16.8. The summed E-state index contributed by atoms with van der Waals surface area (Å²) in [6.45, 7) is 5.18. The molecule has 9 heteroatoms. The van der Waals surface area contributed by atoms with E-state index in [1.165, 1.54) is 10.4 Å². The monoisotopic (exact) mass is 500 g/mol. The molecule has 0 spiro atoms. The summed E-state index contributed by atoms with van der Waals surface area (Å²) in [4.78, 5) is 26.4. The van der Waals surface area contributed by atoms with Crippen molar-refractivity contribution in [2.24, 2.45) is 5.92 Å². The van der Waals surface area contributed by atoms with Crippen molar-refractivity contribution < 1.29 is 27.5 Å². The molecule has 0 N–H and O–H groups in total. The molecule has 35 heavy (non-hydrogen) atoms. The van der Waals surface area contributed by atoms with Crippen LogP contribution in [0.4, 0.5) is 5.69 Å². The Hall–Kier alpha value is -3.07. The smallest absolute Gasteiger partial charge is 0.309 e. The Balaban J connectivity index is 1.38. The van der Waals surface area contributed by atoms with Crippen LogP contribution in [0.15, 0.2) is 47.4 Å². The average molecular weight is 501 g/mol.